The van der Waals surface area contributed by atoms with Crippen LogP contribution in [0, 0.1) is 13.8 Å². The maximum absolute atomic E-state index is 12.5. The monoisotopic (exact) mass is 279 g/mol. The number of pyridine rings is 1. The number of amides is 1. The number of carbonyl (C=O) groups is 1. The first-order chi connectivity index (χ1) is 9.52. The van der Waals surface area contributed by atoms with Crippen molar-refractivity contribution >= 4 is 5.91 Å². The van der Waals surface area contributed by atoms with Crippen molar-refractivity contribution in [3.8, 4) is 0 Å². The normalized spacial score (nSPS) is 16.4. The van der Waals surface area contributed by atoms with Gasteiger partial charge in [-0.05, 0) is 25.5 Å². The molecular formula is C14H21N3O3. The minimum atomic E-state index is -0.315. The SMILES string of the molecule is Cc1cc(C)c(C(=O)N2CCN(CCO)CC2)c(=O)[nH]1. The summed E-state index contributed by atoms with van der Waals surface area (Å²) >= 11 is 0. The molecule has 1 aliphatic rings. The van der Waals surface area contributed by atoms with Gasteiger partial charge < -0.3 is 15.0 Å². The van der Waals surface area contributed by atoms with Crippen LogP contribution >= 0.6 is 0 Å². The number of aromatic amines is 1. The van der Waals surface area contributed by atoms with Crippen molar-refractivity contribution in [2.45, 2.75) is 13.8 Å². The molecule has 1 amide bonds. The first-order valence-corrected chi connectivity index (χ1v) is 6.86. The fourth-order valence-electron chi connectivity index (χ4n) is 2.59. The second-order valence-corrected chi connectivity index (χ2v) is 5.20. The average molecular weight is 279 g/mol. The highest BCUT2D eigenvalue weighted by atomic mass is 16.3. The summed E-state index contributed by atoms with van der Waals surface area (Å²) in [7, 11) is 0. The Morgan fingerprint density at radius 2 is 1.95 bits per heavy atom. The lowest BCUT2D eigenvalue weighted by Gasteiger charge is -2.34. The van der Waals surface area contributed by atoms with Gasteiger partial charge in [-0.3, -0.25) is 14.5 Å². The fourth-order valence-corrected chi connectivity index (χ4v) is 2.59. The highest BCUT2D eigenvalue weighted by Crippen LogP contribution is 2.10. The quantitative estimate of drug-likeness (QED) is 0.799. The largest absolute Gasteiger partial charge is 0.395 e. The van der Waals surface area contributed by atoms with Gasteiger partial charge in [-0.15, -0.1) is 0 Å². The van der Waals surface area contributed by atoms with Gasteiger partial charge in [-0.2, -0.15) is 0 Å². The average Bonchev–Trinajstić information content (AvgIpc) is 2.38. The molecule has 0 bridgehead atoms. The zero-order valence-corrected chi connectivity index (χ0v) is 12.0. The molecule has 0 spiro atoms. The Morgan fingerprint density at radius 1 is 1.30 bits per heavy atom. The zero-order valence-electron chi connectivity index (χ0n) is 12.0. The summed E-state index contributed by atoms with van der Waals surface area (Å²) in [5.74, 6) is -0.201. The van der Waals surface area contributed by atoms with Crippen LogP contribution in [0.25, 0.3) is 0 Å². The number of aryl methyl sites for hydroxylation is 2. The Morgan fingerprint density at radius 3 is 2.50 bits per heavy atom. The van der Waals surface area contributed by atoms with E-state index in [1.54, 1.807) is 18.7 Å². The van der Waals surface area contributed by atoms with Crippen LogP contribution in [0.3, 0.4) is 0 Å². The predicted molar refractivity (Wildman–Crippen MR) is 76.0 cm³/mol. The van der Waals surface area contributed by atoms with Crippen molar-refractivity contribution < 1.29 is 9.90 Å². The summed E-state index contributed by atoms with van der Waals surface area (Å²) in [5, 5.41) is 8.90. The number of H-pyrrole nitrogens is 1. The number of β-amino-alcohol motifs (C(OH)–C–C–N with tert-alkyl or cyclic N) is 1. The van der Waals surface area contributed by atoms with Crippen LogP contribution in [-0.4, -0.2) is 65.1 Å². The number of piperazine rings is 1. The Balaban J connectivity index is 2.12. The first-order valence-electron chi connectivity index (χ1n) is 6.86. The Hall–Kier alpha value is -1.66. The van der Waals surface area contributed by atoms with Crippen LogP contribution in [0.2, 0.25) is 0 Å². The second-order valence-electron chi connectivity index (χ2n) is 5.20. The van der Waals surface area contributed by atoms with E-state index in [0.29, 0.717) is 25.2 Å². The van der Waals surface area contributed by atoms with Gasteiger partial charge in [-0.1, -0.05) is 0 Å². The lowest BCUT2D eigenvalue weighted by molar-refractivity contribution is 0.0612. The molecule has 20 heavy (non-hydrogen) atoms. The molecule has 1 aliphatic heterocycles. The second kappa shape index (κ2) is 6.19. The van der Waals surface area contributed by atoms with Crippen molar-refractivity contribution in [1.29, 1.82) is 0 Å². The zero-order chi connectivity index (χ0) is 14.7. The third kappa shape index (κ3) is 3.08. The summed E-state index contributed by atoms with van der Waals surface area (Å²) in [5.41, 5.74) is 1.40. The molecular weight excluding hydrogens is 258 g/mol. The topological polar surface area (TPSA) is 76.6 Å². The molecule has 0 aliphatic carbocycles. The highest BCUT2D eigenvalue weighted by Gasteiger charge is 2.24. The molecule has 110 valence electrons. The molecule has 1 saturated heterocycles. The van der Waals surface area contributed by atoms with Gasteiger partial charge in [0.15, 0.2) is 0 Å². The number of rotatable bonds is 3. The van der Waals surface area contributed by atoms with E-state index < -0.39 is 0 Å². The molecule has 1 fully saturated rings. The van der Waals surface area contributed by atoms with Crippen molar-refractivity contribution in [3.63, 3.8) is 0 Å². The number of aliphatic hydroxyl groups excluding tert-OH is 1. The molecule has 0 atom stereocenters. The van der Waals surface area contributed by atoms with Gasteiger partial charge in [0.05, 0.1) is 6.61 Å². The number of carbonyl (C=O) groups excluding carboxylic acids is 1. The smallest absolute Gasteiger partial charge is 0.261 e. The van der Waals surface area contributed by atoms with Crippen LogP contribution in [0.15, 0.2) is 10.9 Å². The first kappa shape index (κ1) is 14.7. The standard InChI is InChI=1S/C14H21N3O3/c1-10-9-11(2)15-13(19)12(10)14(20)17-5-3-16(4-6-17)7-8-18/h9,18H,3-8H2,1-2H3,(H,15,19). The van der Waals surface area contributed by atoms with E-state index in [-0.39, 0.29) is 23.6 Å². The maximum atomic E-state index is 12.5. The van der Waals surface area contributed by atoms with E-state index >= 15 is 0 Å². The fraction of sp³-hybridized carbons (Fsp3) is 0.571. The number of hydrogen-bond donors (Lipinski definition) is 2. The van der Waals surface area contributed by atoms with Gasteiger partial charge in [0, 0.05) is 38.4 Å². The van der Waals surface area contributed by atoms with Crippen LogP contribution < -0.4 is 5.56 Å². The molecule has 2 N–H and O–H groups in total. The third-order valence-corrected chi connectivity index (χ3v) is 3.65. The maximum Gasteiger partial charge on any atom is 0.261 e. The molecule has 2 heterocycles. The van der Waals surface area contributed by atoms with E-state index in [4.69, 9.17) is 5.11 Å². The van der Waals surface area contributed by atoms with Gasteiger partial charge in [0.25, 0.3) is 11.5 Å². The summed E-state index contributed by atoms with van der Waals surface area (Å²) in [6.45, 7) is 6.99. The van der Waals surface area contributed by atoms with Crippen molar-refractivity contribution in [2.24, 2.45) is 0 Å². The number of nitrogens with zero attached hydrogens (tertiary/aromatic N) is 2. The van der Waals surface area contributed by atoms with E-state index in [0.717, 1.165) is 18.8 Å². The Bertz CT molecular complexity index is 545. The number of nitrogens with one attached hydrogen (secondary N) is 1. The highest BCUT2D eigenvalue weighted by molar-refractivity contribution is 5.95. The molecule has 1 aromatic rings. The molecule has 0 unspecified atom stereocenters. The lowest BCUT2D eigenvalue weighted by Crippen LogP contribution is -2.50. The van der Waals surface area contributed by atoms with Crippen molar-refractivity contribution in [3.05, 3.63) is 33.2 Å². The van der Waals surface area contributed by atoms with Crippen LogP contribution in [0.1, 0.15) is 21.6 Å². The van der Waals surface area contributed by atoms with Gasteiger partial charge in [-0.25, -0.2) is 0 Å². The van der Waals surface area contributed by atoms with Crippen LogP contribution in [0.5, 0.6) is 0 Å². The van der Waals surface area contributed by atoms with Gasteiger partial charge >= 0.3 is 0 Å². The molecule has 0 saturated carbocycles. The molecule has 6 heteroatoms. The lowest BCUT2D eigenvalue weighted by atomic mass is 10.1. The summed E-state index contributed by atoms with van der Waals surface area (Å²) < 4.78 is 0. The number of aromatic nitrogens is 1. The van der Waals surface area contributed by atoms with Crippen molar-refractivity contribution in [2.75, 3.05) is 39.3 Å². The number of aliphatic hydroxyl groups is 1. The van der Waals surface area contributed by atoms with E-state index in [2.05, 4.69) is 9.88 Å². The summed E-state index contributed by atoms with van der Waals surface area (Å²) in [6.07, 6.45) is 0. The minimum Gasteiger partial charge on any atom is -0.395 e. The predicted octanol–water partition coefficient (Wildman–Crippen LogP) is -0.258. The van der Waals surface area contributed by atoms with E-state index in [9.17, 15) is 9.59 Å². The molecule has 6 nitrogen and oxygen atoms in total. The Kier molecular flexibility index (Phi) is 4.57. The Labute approximate surface area is 118 Å². The van der Waals surface area contributed by atoms with Crippen LogP contribution in [-0.2, 0) is 0 Å². The van der Waals surface area contributed by atoms with E-state index in [1.807, 2.05) is 6.07 Å². The summed E-state index contributed by atoms with van der Waals surface area (Å²) in [6, 6.07) is 1.82. The molecule has 2 rings (SSSR count). The molecule has 1 aromatic heterocycles. The van der Waals surface area contributed by atoms with Gasteiger partial charge in [0.1, 0.15) is 5.56 Å². The van der Waals surface area contributed by atoms with Crippen molar-refractivity contribution in [1.82, 2.24) is 14.8 Å². The molecule has 0 aromatic carbocycles. The van der Waals surface area contributed by atoms with Gasteiger partial charge in [0.2, 0.25) is 0 Å². The molecule has 0 radical (unpaired) electrons. The van der Waals surface area contributed by atoms with E-state index in [1.165, 1.54) is 0 Å². The number of hydrogen-bond acceptors (Lipinski definition) is 4. The summed E-state index contributed by atoms with van der Waals surface area (Å²) in [4.78, 5) is 30.9. The van der Waals surface area contributed by atoms with Crippen LogP contribution in [0.4, 0.5) is 0 Å². The third-order valence-electron chi connectivity index (χ3n) is 3.65. The minimum absolute atomic E-state index is 0.130.